The Labute approximate surface area is 157 Å². The van der Waals surface area contributed by atoms with E-state index in [1.807, 2.05) is 0 Å². The first kappa shape index (κ1) is 18.2. The van der Waals surface area contributed by atoms with E-state index in [1.54, 1.807) is 19.2 Å². The van der Waals surface area contributed by atoms with E-state index < -0.39 is 17.6 Å². The van der Waals surface area contributed by atoms with Crippen LogP contribution in [0.25, 0.3) is 10.9 Å². The smallest absolute Gasteiger partial charge is 0.354 e. The molecule has 8 heteroatoms. The number of hydrogen-bond acceptors (Lipinski definition) is 3. The van der Waals surface area contributed by atoms with E-state index in [2.05, 4.69) is 4.98 Å². The number of fused-ring (bicyclic) bond motifs is 1. The maximum Gasteiger partial charge on any atom is 0.354 e. The van der Waals surface area contributed by atoms with Crippen molar-refractivity contribution in [3.8, 4) is 0 Å². The molecule has 3 aromatic rings. The normalized spacial score (nSPS) is 10.9. The zero-order valence-electron chi connectivity index (χ0n) is 13.5. The molecule has 0 bridgehead atoms. The van der Waals surface area contributed by atoms with Crippen LogP contribution in [0.4, 0.5) is 10.1 Å². The second kappa shape index (κ2) is 6.97. The van der Waals surface area contributed by atoms with Gasteiger partial charge in [-0.3, -0.25) is 4.79 Å². The van der Waals surface area contributed by atoms with Crippen molar-refractivity contribution < 1.29 is 19.1 Å². The summed E-state index contributed by atoms with van der Waals surface area (Å²) >= 11 is 12.2. The molecule has 134 valence electrons. The molecule has 1 heterocycles. The highest BCUT2D eigenvalue weighted by Crippen LogP contribution is 2.37. The third kappa shape index (κ3) is 3.25. The molecule has 0 radical (unpaired) electrons. The third-order valence-corrected chi connectivity index (χ3v) is 4.46. The van der Waals surface area contributed by atoms with Crippen molar-refractivity contribution in [3.05, 3.63) is 63.5 Å². The SMILES string of the molecule is CN(CC(=O)c1ccccc1F)c1c(C(=O)O)[nH]c2cc(Cl)cc(Cl)c12. The standard InChI is InChI=1S/C18H13Cl2FN2O3/c1-23(8-14(24)10-4-2-3-5-12(10)21)17-15-11(20)6-9(19)7-13(15)22-16(17)18(25)26/h2-7,22H,8H2,1H3,(H,25,26). The van der Waals surface area contributed by atoms with Crippen molar-refractivity contribution >= 4 is 51.5 Å². The molecule has 0 spiro atoms. The van der Waals surface area contributed by atoms with Gasteiger partial charge in [-0.2, -0.15) is 0 Å². The number of aromatic carboxylic acids is 1. The third-order valence-electron chi connectivity index (χ3n) is 3.94. The molecule has 0 aliphatic carbocycles. The fraction of sp³-hybridized carbons (Fsp3) is 0.111. The van der Waals surface area contributed by atoms with Crippen LogP contribution in [0.15, 0.2) is 36.4 Å². The lowest BCUT2D eigenvalue weighted by atomic mass is 10.1. The highest BCUT2D eigenvalue weighted by atomic mass is 35.5. The number of ketones is 1. The van der Waals surface area contributed by atoms with E-state index in [1.165, 1.54) is 29.2 Å². The van der Waals surface area contributed by atoms with Crippen LogP contribution in [-0.2, 0) is 0 Å². The van der Waals surface area contributed by atoms with Crippen LogP contribution < -0.4 is 4.90 Å². The van der Waals surface area contributed by atoms with Gasteiger partial charge in [0.15, 0.2) is 5.78 Å². The van der Waals surface area contributed by atoms with Crippen molar-refractivity contribution in [1.29, 1.82) is 0 Å². The average Bonchev–Trinajstić information content (AvgIpc) is 2.95. The van der Waals surface area contributed by atoms with Crippen molar-refractivity contribution in [2.45, 2.75) is 0 Å². The summed E-state index contributed by atoms with van der Waals surface area (Å²) in [6.45, 7) is -0.229. The molecule has 0 saturated heterocycles. The van der Waals surface area contributed by atoms with Gasteiger partial charge in [0.25, 0.3) is 0 Å². The van der Waals surface area contributed by atoms with Gasteiger partial charge in [-0.05, 0) is 24.3 Å². The highest BCUT2D eigenvalue weighted by molar-refractivity contribution is 6.40. The first-order valence-electron chi connectivity index (χ1n) is 7.52. The Hall–Kier alpha value is -2.57. The molecule has 0 fully saturated rings. The van der Waals surface area contributed by atoms with Gasteiger partial charge in [0, 0.05) is 17.5 Å². The topological polar surface area (TPSA) is 73.4 Å². The number of rotatable bonds is 5. The van der Waals surface area contributed by atoms with Gasteiger partial charge in [-0.25, -0.2) is 9.18 Å². The van der Waals surface area contributed by atoms with Crippen molar-refractivity contribution in [2.75, 3.05) is 18.5 Å². The Bertz CT molecular complexity index is 1030. The highest BCUT2D eigenvalue weighted by Gasteiger charge is 2.24. The molecule has 0 amide bonds. The lowest BCUT2D eigenvalue weighted by Gasteiger charge is -2.19. The quantitative estimate of drug-likeness (QED) is 0.618. The second-order valence-corrected chi connectivity index (χ2v) is 6.57. The minimum Gasteiger partial charge on any atom is -0.477 e. The zero-order chi connectivity index (χ0) is 19.0. The molecular weight excluding hydrogens is 382 g/mol. The number of aromatic amines is 1. The molecular formula is C18H13Cl2FN2O3. The maximum atomic E-state index is 13.8. The summed E-state index contributed by atoms with van der Waals surface area (Å²) in [4.78, 5) is 28.2. The molecule has 0 aliphatic heterocycles. The molecule has 2 N–H and O–H groups in total. The number of carboxylic acids is 1. The van der Waals surface area contributed by atoms with E-state index in [-0.39, 0.29) is 28.5 Å². The number of likely N-dealkylation sites (N-methyl/N-ethyl adjacent to an activating group) is 1. The van der Waals surface area contributed by atoms with Crippen LogP contribution in [0.2, 0.25) is 10.0 Å². The molecule has 0 atom stereocenters. The molecule has 2 aromatic carbocycles. The van der Waals surface area contributed by atoms with E-state index in [4.69, 9.17) is 23.2 Å². The number of hydrogen-bond donors (Lipinski definition) is 2. The molecule has 26 heavy (non-hydrogen) atoms. The number of H-pyrrole nitrogens is 1. The van der Waals surface area contributed by atoms with Gasteiger partial charge in [0.1, 0.15) is 11.5 Å². The van der Waals surface area contributed by atoms with Crippen molar-refractivity contribution in [3.63, 3.8) is 0 Å². The molecule has 0 unspecified atom stereocenters. The Kier molecular flexibility index (Phi) is 4.89. The van der Waals surface area contributed by atoms with Gasteiger partial charge in [0.2, 0.25) is 0 Å². The predicted octanol–water partition coefficient (Wildman–Crippen LogP) is 4.63. The van der Waals surface area contributed by atoms with Gasteiger partial charge in [-0.15, -0.1) is 0 Å². The minimum absolute atomic E-state index is 0.0646. The maximum absolute atomic E-state index is 13.8. The number of carboxylic acid groups (broad SMARTS) is 1. The average molecular weight is 395 g/mol. The minimum atomic E-state index is -1.21. The second-order valence-electron chi connectivity index (χ2n) is 5.72. The lowest BCUT2D eigenvalue weighted by Crippen LogP contribution is -2.27. The number of anilines is 1. The lowest BCUT2D eigenvalue weighted by molar-refractivity contribution is 0.0691. The van der Waals surface area contributed by atoms with Crippen molar-refractivity contribution in [2.24, 2.45) is 0 Å². The van der Waals surface area contributed by atoms with E-state index in [0.29, 0.717) is 15.9 Å². The Morgan fingerprint density at radius 2 is 1.92 bits per heavy atom. The number of nitrogens with zero attached hydrogens (tertiary/aromatic N) is 1. The summed E-state index contributed by atoms with van der Waals surface area (Å²) in [5, 5.41) is 10.5. The monoisotopic (exact) mass is 394 g/mol. The fourth-order valence-electron chi connectivity index (χ4n) is 2.84. The molecule has 1 aromatic heterocycles. The van der Waals surface area contributed by atoms with Crippen LogP contribution in [0.3, 0.4) is 0 Å². The first-order chi connectivity index (χ1) is 12.3. The zero-order valence-corrected chi connectivity index (χ0v) is 15.0. The largest absolute Gasteiger partial charge is 0.477 e. The first-order valence-corrected chi connectivity index (χ1v) is 8.28. The van der Waals surface area contributed by atoms with E-state index in [0.717, 1.165) is 0 Å². The van der Waals surface area contributed by atoms with Crippen LogP contribution in [0, 0.1) is 5.82 Å². The Morgan fingerprint density at radius 3 is 2.58 bits per heavy atom. The van der Waals surface area contributed by atoms with Crippen LogP contribution in [-0.4, -0.2) is 35.4 Å². The summed E-state index contributed by atoms with van der Waals surface area (Å²) in [5.74, 6) is -2.33. The van der Waals surface area contributed by atoms with E-state index in [9.17, 15) is 19.1 Å². The Balaban J connectivity index is 2.06. The number of carbonyl (C=O) groups is 2. The van der Waals surface area contributed by atoms with Crippen LogP contribution in [0.5, 0.6) is 0 Å². The number of halogens is 3. The molecule has 5 nitrogen and oxygen atoms in total. The van der Waals surface area contributed by atoms with Crippen molar-refractivity contribution in [1.82, 2.24) is 4.98 Å². The van der Waals surface area contributed by atoms with Gasteiger partial charge >= 0.3 is 5.97 Å². The molecule has 0 saturated carbocycles. The van der Waals surface area contributed by atoms with Crippen LogP contribution in [0.1, 0.15) is 20.8 Å². The Morgan fingerprint density at radius 1 is 1.23 bits per heavy atom. The molecule has 0 aliphatic rings. The number of carbonyl (C=O) groups excluding carboxylic acids is 1. The predicted molar refractivity (Wildman–Crippen MR) is 99.3 cm³/mol. The number of benzene rings is 2. The summed E-state index contributed by atoms with van der Waals surface area (Å²) in [5.41, 5.74) is 0.470. The van der Waals surface area contributed by atoms with Gasteiger partial charge in [0.05, 0.1) is 28.3 Å². The summed E-state index contributed by atoms with van der Waals surface area (Å²) < 4.78 is 13.8. The fourth-order valence-corrected chi connectivity index (χ4v) is 3.42. The summed E-state index contributed by atoms with van der Waals surface area (Å²) in [6.07, 6.45) is 0. The van der Waals surface area contributed by atoms with E-state index >= 15 is 0 Å². The molecule has 3 rings (SSSR count). The number of aromatic nitrogens is 1. The van der Waals surface area contributed by atoms with Gasteiger partial charge < -0.3 is 15.0 Å². The summed E-state index contributed by atoms with van der Waals surface area (Å²) in [7, 11) is 1.54. The summed E-state index contributed by atoms with van der Waals surface area (Å²) in [6, 6.07) is 8.66. The number of nitrogens with one attached hydrogen (secondary N) is 1. The number of Topliss-reactive ketones (excluding diaryl/α,β-unsaturated/α-hetero) is 1. The van der Waals surface area contributed by atoms with Crippen LogP contribution >= 0.6 is 23.2 Å². The van der Waals surface area contributed by atoms with Gasteiger partial charge in [-0.1, -0.05) is 35.3 Å².